The van der Waals surface area contributed by atoms with Crippen LogP contribution in [0.4, 0.5) is 4.39 Å². The number of benzene rings is 1. The minimum Gasteiger partial charge on any atom is -0.369 e. The van der Waals surface area contributed by atoms with E-state index in [1.807, 2.05) is 11.8 Å². The first-order chi connectivity index (χ1) is 12.4. The summed E-state index contributed by atoms with van der Waals surface area (Å²) in [6.45, 7) is 4.54. The Balaban J connectivity index is 1.81. The topological polar surface area (TPSA) is 92.1 Å². The van der Waals surface area contributed by atoms with E-state index >= 15 is 0 Å². The number of fused-ring (bicyclic) bond motifs is 1. The van der Waals surface area contributed by atoms with Gasteiger partial charge in [-0.1, -0.05) is 13.0 Å². The molecule has 2 heterocycles. The van der Waals surface area contributed by atoms with Crippen molar-refractivity contribution in [3.63, 3.8) is 0 Å². The zero-order chi connectivity index (χ0) is 18.8. The number of primary amides is 1. The number of nitrogens with two attached hydrogens (primary N) is 1. The van der Waals surface area contributed by atoms with Gasteiger partial charge in [-0.2, -0.15) is 0 Å². The van der Waals surface area contributed by atoms with Gasteiger partial charge in [0.1, 0.15) is 11.3 Å². The van der Waals surface area contributed by atoms with Crippen molar-refractivity contribution < 1.29 is 14.0 Å². The molecule has 3 rings (SSSR count). The standard InChI is InChI=1S/C19H25FN4O2/c1-11-6-3-4-9-24(11)16(25)10-13(18(21)26)12(2)19-22-15-8-5-7-14(20)17(15)23-19/h5,7-8,11-13H,3-4,6,9-10H2,1-2H3,(H2,21,26)(H,22,23)/t11-,12-,13?/m0/s1. The summed E-state index contributed by atoms with van der Waals surface area (Å²) < 4.78 is 13.9. The van der Waals surface area contributed by atoms with Crippen molar-refractivity contribution in [1.82, 2.24) is 14.9 Å². The molecule has 2 aromatic rings. The van der Waals surface area contributed by atoms with Crippen molar-refractivity contribution in [2.45, 2.75) is 51.5 Å². The number of aromatic amines is 1. The van der Waals surface area contributed by atoms with E-state index in [-0.39, 0.29) is 23.9 Å². The number of aromatic nitrogens is 2. The van der Waals surface area contributed by atoms with Gasteiger partial charge in [-0.3, -0.25) is 9.59 Å². The molecule has 0 bridgehead atoms. The molecule has 0 saturated carbocycles. The number of piperidine rings is 1. The van der Waals surface area contributed by atoms with Crippen LogP contribution in [0.5, 0.6) is 0 Å². The van der Waals surface area contributed by atoms with Gasteiger partial charge in [0.2, 0.25) is 11.8 Å². The number of H-pyrrole nitrogens is 1. The highest BCUT2D eigenvalue weighted by molar-refractivity contribution is 5.86. The fourth-order valence-electron chi connectivity index (χ4n) is 3.72. The van der Waals surface area contributed by atoms with Gasteiger partial charge in [0.05, 0.1) is 11.4 Å². The first-order valence-electron chi connectivity index (χ1n) is 9.11. The summed E-state index contributed by atoms with van der Waals surface area (Å²) in [5.41, 5.74) is 6.38. The molecule has 140 valence electrons. The molecule has 3 atom stereocenters. The van der Waals surface area contributed by atoms with Crippen molar-refractivity contribution in [3.05, 3.63) is 29.8 Å². The predicted octanol–water partition coefficient (Wildman–Crippen LogP) is 2.70. The minimum atomic E-state index is -0.694. The molecule has 1 fully saturated rings. The molecule has 0 aliphatic carbocycles. The number of carbonyl (C=O) groups is 2. The number of imidazole rings is 1. The molecule has 1 aromatic heterocycles. The SMILES string of the molecule is C[C@H](c1nc2c(F)cccc2[nH]1)C(CC(=O)N1CCCC[C@@H]1C)C(N)=O. The first kappa shape index (κ1) is 18.4. The molecule has 1 saturated heterocycles. The molecule has 2 amide bonds. The third-order valence-electron chi connectivity index (χ3n) is 5.40. The van der Waals surface area contributed by atoms with E-state index in [1.165, 1.54) is 6.07 Å². The number of amides is 2. The molecule has 0 radical (unpaired) electrons. The first-order valence-corrected chi connectivity index (χ1v) is 9.11. The van der Waals surface area contributed by atoms with Crippen LogP contribution in [0.15, 0.2) is 18.2 Å². The highest BCUT2D eigenvalue weighted by Gasteiger charge is 2.32. The Morgan fingerprint density at radius 1 is 1.42 bits per heavy atom. The van der Waals surface area contributed by atoms with Crippen LogP contribution in [0.25, 0.3) is 11.0 Å². The smallest absolute Gasteiger partial charge is 0.223 e. The maximum atomic E-state index is 13.9. The lowest BCUT2D eigenvalue weighted by Gasteiger charge is -2.34. The number of rotatable bonds is 5. The summed E-state index contributed by atoms with van der Waals surface area (Å²) in [4.78, 5) is 33.9. The monoisotopic (exact) mass is 360 g/mol. The van der Waals surface area contributed by atoms with Crippen LogP contribution in [0.1, 0.15) is 51.3 Å². The van der Waals surface area contributed by atoms with Gasteiger partial charge in [-0.15, -0.1) is 0 Å². The van der Waals surface area contributed by atoms with E-state index in [9.17, 15) is 14.0 Å². The number of nitrogens with zero attached hydrogens (tertiary/aromatic N) is 2. The number of para-hydroxylation sites is 1. The van der Waals surface area contributed by atoms with E-state index in [0.717, 1.165) is 25.8 Å². The highest BCUT2D eigenvalue weighted by atomic mass is 19.1. The van der Waals surface area contributed by atoms with Crippen molar-refractivity contribution in [1.29, 1.82) is 0 Å². The number of hydrogen-bond donors (Lipinski definition) is 2. The Hall–Kier alpha value is -2.44. The average Bonchev–Trinajstić information content (AvgIpc) is 3.05. The molecule has 1 aliphatic rings. The van der Waals surface area contributed by atoms with Gasteiger partial charge in [0.25, 0.3) is 0 Å². The molecule has 26 heavy (non-hydrogen) atoms. The van der Waals surface area contributed by atoms with Crippen molar-refractivity contribution in [2.24, 2.45) is 11.7 Å². The van der Waals surface area contributed by atoms with Crippen LogP contribution in [0, 0.1) is 11.7 Å². The Morgan fingerprint density at radius 3 is 2.85 bits per heavy atom. The van der Waals surface area contributed by atoms with E-state index < -0.39 is 23.6 Å². The van der Waals surface area contributed by atoms with Crippen LogP contribution in [-0.4, -0.2) is 39.3 Å². The van der Waals surface area contributed by atoms with E-state index in [0.29, 0.717) is 11.3 Å². The molecule has 1 unspecified atom stereocenters. The zero-order valence-corrected chi connectivity index (χ0v) is 15.2. The third kappa shape index (κ3) is 3.57. The fourth-order valence-corrected chi connectivity index (χ4v) is 3.72. The number of nitrogens with one attached hydrogen (secondary N) is 1. The molecule has 7 heteroatoms. The summed E-state index contributed by atoms with van der Waals surface area (Å²) in [5, 5.41) is 0. The summed E-state index contributed by atoms with van der Waals surface area (Å²) in [5.74, 6) is -1.67. The average molecular weight is 360 g/mol. The van der Waals surface area contributed by atoms with Crippen molar-refractivity contribution >= 4 is 22.8 Å². The number of hydrogen-bond acceptors (Lipinski definition) is 3. The lowest BCUT2D eigenvalue weighted by molar-refractivity contribution is -0.138. The van der Waals surface area contributed by atoms with Crippen LogP contribution in [0.3, 0.4) is 0 Å². The predicted molar refractivity (Wildman–Crippen MR) is 96.8 cm³/mol. The van der Waals surface area contributed by atoms with Crippen molar-refractivity contribution in [3.8, 4) is 0 Å². The molecule has 6 nitrogen and oxygen atoms in total. The lowest BCUT2D eigenvalue weighted by Crippen LogP contribution is -2.44. The largest absolute Gasteiger partial charge is 0.369 e. The Bertz CT molecular complexity index is 819. The van der Waals surface area contributed by atoms with Gasteiger partial charge in [-0.05, 0) is 38.3 Å². The lowest BCUT2D eigenvalue weighted by atomic mass is 9.88. The molecule has 1 aromatic carbocycles. The highest BCUT2D eigenvalue weighted by Crippen LogP contribution is 2.29. The van der Waals surface area contributed by atoms with Gasteiger partial charge < -0.3 is 15.6 Å². The molecular weight excluding hydrogens is 335 g/mol. The summed E-state index contributed by atoms with van der Waals surface area (Å²) >= 11 is 0. The second-order valence-corrected chi connectivity index (χ2v) is 7.19. The van der Waals surface area contributed by atoms with Crippen LogP contribution in [0.2, 0.25) is 0 Å². The fraction of sp³-hybridized carbons (Fsp3) is 0.526. The second kappa shape index (κ2) is 7.43. The van der Waals surface area contributed by atoms with Crippen molar-refractivity contribution in [2.75, 3.05) is 6.54 Å². The van der Waals surface area contributed by atoms with E-state index in [2.05, 4.69) is 9.97 Å². The summed E-state index contributed by atoms with van der Waals surface area (Å²) in [6, 6.07) is 4.84. The van der Waals surface area contributed by atoms with Crippen LogP contribution < -0.4 is 5.73 Å². The number of halogens is 1. The number of likely N-dealkylation sites (tertiary alicyclic amines) is 1. The Labute approximate surface area is 152 Å². The van der Waals surface area contributed by atoms with Crippen LogP contribution in [-0.2, 0) is 9.59 Å². The molecule has 3 N–H and O–H groups in total. The molecule has 1 aliphatic heterocycles. The van der Waals surface area contributed by atoms with Crippen LogP contribution >= 0.6 is 0 Å². The van der Waals surface area contributed by atoms with Gasteiger partial charge in [0.15, 0.2) is 5.82 Å². The minimum absolute atomic E-state index is 0.0420. The molecular formula is C19H25FN4O2. The van der Waals surface area contributed by atoms with Gasteiger partial charge >= 0.3 is 0 Å². The maximum Gasteiger partial charge on any atom is 0.223 e. The Kier molecular flexibility index (Phi) is 5.25. The molecule has 0 spiro atoms. The van der Waals surface area contributed by atoms with E-state index in [1.54, 1.807) is 19.1 Å². The third-order valence-corrected chi connectivity index (χ3v) is 5.40. The normalized spacial score (nSPS) is 20.1. The Morgan fingerprint density at radius 2 is 2.19 bits per heavy atom. The summed E-state index contributed by atoms with van der Waals surface area (Å²) in [7, 11) is 0. The second-order valence-electron chi connectivity index (χ2n) is 7.19. The van der Waals surface area contributed by atoms with Gasteiger partial charge in [0, 0.05) is 24.9 Å². The summed E-state index contributed by atoms with van der Waals surface area (Å²) in [6.07, 6.45) is 3.12. The maximum absolute atomic E-state index is 13.9. The number of carbonyl (C=O) groups excluding carboxylic acids is 2. The van der Waals surface area contributed by atoms with Gasteiger partial charge in [-0.25, -0.2) is 9.37 Å². The van der Waals surface area contributed by atoms with E-state index in [4.69, 9.17) is 5.73 Å². The quantitative estimate of drug-likeness (QED) is 0.859. The zero-order valence-electron chi connectivity index (χ0n) is 15.2.